The third-order valence-electron chi connectivity index (χ3n) is 7.29. The van der Waals surface area contributed by atoms with Crippen LogP contribution in [0, 0.1) is 5.92 Å². The molecule has 0 aliphatic carbocycles. The lowest BCUT2D eigenvalue weighted by Gasteiger charge is -2.22. The first-order chi connectivity index (χ1) is 21.0. The van der Waals surface area contributed by atoms with Crippen LogP contribution in [0.5, 0.6) is 5.75 Å². The first-order valence-electron chi connectivity index (χ1n) is 14.8. The van der Waals surface area contributed by atoms with Crippen molar-refractivity contribution in [3.05, 3.63) is 114 Å². The first kappa shape index (κ1) is 31.5. The van der Waals surface area contributed by atoms with Crippen LogP contribution < -0.4 is 15.4 Å². The Balaban J connectivity index is 1.32. The molecule has 1 aliphatic heterocycles. The maximum atomic E-state index is 13.2. The smallest absolute Gasteiger partial charge is 0.306 e. The van der Waals surface area contributed by atoms with Gasteiger partial charge in [0.2, 0.25) is 11.8 Å². The predicted molar refractivity (Wildman–Crippen MR) is 164 cm³/mol. The van der Waals surface area contributed by atoms with Crippen molar-refractivity contribution >= 4 is 17.8 Å². The second kappa shape index (κ2) is 16.9. The first-order valence-corrected chi connectivity index (χ1v) is 14.8. The zero-order chi connectivity index (χ0) is 30.3. The average molecular weight is 585 g/mol. The molecule has 1 heterocycles. The van der Waals surface area contributed by atoms with Crippen LogP contribution in [0.2, 0.25) is 0 Å². The van der Waals surface area contributed by atoms with Crippen LogP contribution in [0.1, 0.15) is 54.9 Å². The van der Waals surface area contributed by atoms with Crippen molar-refractivity contribution in [1.29, 1.82) is 0 Å². The molecular weight excluding hydrogens is 544 g/mol. The van der Waals surface area contributed by atoms with Gasteiger partial charge in [-0.05, 0) is 54.5 Å². The van der Waals surface area contributed by atoms with Gasteiger partial charge in [0.15, 0.2) is 0 Å². The lowest BCUT2D eigenvalue weighted by molar-refractivity contribution is -0.150. The minimum Gasteiger partial charge on any atom is -0.489 e. The quantitative estimate of drug-likeness (QED) is 0.233. The number of hydrogen-bond donors (Lipinski definition) is 3. The summed E-state index contributed by atoms with van der Waals surface area (Å²) in [6.45, 7) is 0.344. The summed E-state index contributed by atoms with van der Waals surface area (Å²) in [4.78, 5) is 38.6. The molecule has 3 unspecified atom stereocenters. The summed E-state index contributed by atoms with van der Waals surface area (Å²) in [5.74, 6) is -0.784. The third-order valence-corrected chi connectivity index (χ3v) is 7.29. The van der Waals surface area contributed by atoms with E-state index in [0.717, 1.165) is 22.4 Å². The predicted octanol–water partition coefficient (Wildman–Crippen LogP) is 4.82. The van der Waals surface area contributed by atoms with Crippen molar-refractivity contribution in [2.45, 2.75) is 57.3 Å². The Kier molecular flexibility index (Phi) is 12.4. The normalized spacial score (nSPS) is 18.6. The van der Waals surface area contributed by atoms with Crippen LogP contribution in [0.3, 0.4) is 0 Å². The Morgan fingerprint density at radius 2 is 1.67 bits per heavy atom. The van der Waals surface area contributed by atoms with Crippen molar-refractivity contribution in [2.24, 2.45) is 5.92 Å². The molecule has 226 valence electrons. The number of allylic oxidation sites excluding steroid dienone is 2. The number of aliphatic hydroxyl groups excluding tert-OH is 1. The number of nitrogens with one attached hydrogen (secondary N) is 2. The number of amides is 2. The summed E-state index contributed by atoms with van der Waals surface area (Å²) in [6, 6.07) is 26.3. The molecule has 0 bridgehead atoms. The number of cyclic esters (lactones) is 1. The number of hydrogen-bond acceptors (Lipinski definition) is 6. The maximum absolute atomic E-state index is 13.2. The van der Waals surface area contributed by atoms with Gasteiger partial charge < -0.3 is 25.2 Å². The van der Waals surface area contributed by atoms with Crippen molar-refractivity contribution in [3.63, 3.8) is 0 Å². The van der Waals surface area contributed by atoms with E-state index in [2.05, 4.69) is 10.6 Å². The fourth-order valence-electron chi connectivity index (χ4n) is 4.89. The van der Waals surface area contributed by atoms with E-state index in [0.29, 0.717) is 38.7 Å². The monoisotopic (exact) mass is 584 g/mol. The van der Waals surface area contributed by atoms with Gasteiger partial charge in [0, 0.05) is 12.8 Å². The number of carbonyl (C=O) groups excluding carboxylic acids is 3. The fraction of sp³-hybridized carbons (Fsp3) is 0.343. The van der Waals surface area contributed by atoms with E-state index in [4.69, 9.17) is 9.47 Å². The molecule has 3 N–H and O–H groups in total. The molecule has 8 nitrogen and oxygen atoms in total. The van der Waals surface area contributed by atoms with E-state index in [-0.39, 0.29) is 37.4 Å². The Morgan fingerprint density at radius 3 is 2.40 bits per heavy atom. The second-order valence-corrected chi connectivity index (χ2v) is 10.7. The van der Waals surface area contributed by atoms with Gasteiger partial charge in [0.25, 0.3) is 0 Å². The molecule has 0 spiro atoms. The van der Waals surface area contributed by atoms with Crippen molar-refractivity contribution in [1.82, 2.24) is 10.6 Å². The fourth-order valence-corrected chi connectivity index (χ4v) is 4.89. The van der Waals surface area contributed by atoms with Crippen molar-refractivity contribution in [3.8, 4) is 5.75 Å². The number of benzene rings is 3. The third kappa shape index (κ3) is 10.7. The molecule has 0 saturated heterocycles. The Bertz CT molecular complexity index is 1330. The van der Waals surface area contributed by atoms with Crippen LogP contribution in [-0.4, -0.2) is 42.1 Å². The van der Waals surface area contributed by atoms with E-state index in [1.807, 2.05) is 97.1 Å². The molecule has 0 saturated carbocycles. The van der Waals surface area contributed by atoms with Gasteiger partial charge in [0.1, 0.15) is 18.5 Å². The molecule has 3 atom stereocenters. The molecule has 43 heavy (non-hydrogen) atoms. The molecule has 0 radical (unpaired) electrons. The van der Waals surface area contributed by atoms with E-state index >= 15 is 0 Å². The van der Waals surface area contributed by atoms with Crippen molar-refractivity contribution in [2.75, 3.05) is 13.2 Å². The highest BCUT2D eigenvalue weighted by atomic mass is 16.5. The molecule has 0 fully saturated rings. The molecule has 0 aromatic heterocycles. The van der Waals surface area contributed by atoms with E-state index in [9.17, 15) is 19.5 Å². The summed E-state index contributed by atoms with van der Waals surface area (Å²) in [7, 11) is 0. The SMILES string of the molecule is O=C(CC1CC=CCCCC(=O)OC(c2ccccc2)CNC1=O)NC(CO)Cc1ccc(OCc2ccccc2)cc1. The molecule has 1 aliphatic rings. The van der Waals surface area contributed by atoms with Crippen LogP contribution in [-0.2, 0) is 32.1 Å². The van der Waals surface area contributed by atoms with E-state index in [1.54, 1.807) is 0 Å². The topological polar surface area (TPSA) is 114 Å². The molecule has 3 aromatic carbocycles. The van der Waals surface area contributed by atoms with Gasteiger partial charge in [-0.1, -0.05) is 84.9 Å². The highest BCUT2D eigenvalue weighted by molar-refractivity contribution is 5.86. The second-order valence-electron chi connectivity index (χ2n) is 10.7. The summed E-state index contributed by atoms with van der Waals surface area (Å²) in [5, 5.41) is 15.8. The molecule has 2 amide bonds. The molecule has 8 heteroatoms. The zero-order valence-corrected chi connectivity index (χ0v) is 24.3. The molecule has 3 aromatic rings. The lowest BCUT2D eigenvalue weighted by Crippen LogP contribution is -2.42. The van der Waals surface area contributed by atoms with E-state index < -0.39 is 18.1 Å². The maximum Gasteiger partial charge on any atom is 0.306 e. The van der Waals surface area contributed by atoms with Crippen LogP contribution >= 0.6 is 0 Å². The Hall–Kier alpha value is -4.43. The summed E-state index contributed by atoms with van der Waals surface area (Å²) in [5.41, 5.74) is 2.81. The van der Waals surface area contributed by atoms with Gasteiger partial charge >= 0.3 is 5.97 Å². The highest BCUT2D eigenvalue weighted by Gasteiger charge is 2.25. The van der Waals surface area contributed by atoms with Gasteiger partial charge in [-0.25, -0.2) is 0 Å². The van der Waals surface area contributed by atoms with Crippen molar-refractivity contribution < 1.29 is 29.0 Å². The number of ether oxygens (including phenoxy) is 2. The lowest BCUT2D eigenvalue weighted by atomic mass is 9.98. The Morgan fingerprint density at radius 1 is 0.953 bits per heavy atom. The van der Waals surface area contributed by atoms with Gasteiger partial charge in [-0.15, -0.1) is 0 Å². The largest absolute Gasteiger partial charge is 0.489 e. The highest BCUT2D eigenvalue weighted by Crippen LogP contribution is 2.20. The number of carbonyl (C=O) groups is 3. The minimum atomic E-state index is -0.616. The van der Waals surface area contributed by atoms with Crippen LogP contribution in [0.4, 0.5) is 0 Å². The zero-order valence-electron chi connectivity index (χ0n) is 24.3. The number of rotatable bonds is 10. The standard InChI is InChI=1S/C35H40N2O6/c38-24-30(21-26-17-19-31(20-18-26)42-25-27-11-5-3-6-12-27)37-33(39)22-29-15-7-1-2-10-16-34(40)43-32(23-36-35(29)41)28-13-8-4-9-14-28/h1,3-9,11-14,17-20,29-30,32,38H,2,10,15-16,21-25H2,(H,36,41)(H,37,39). The van der Waals surface area contributed by atoms with E-state index in [1.165, 1.54) is 0 Å². The number of esters is 1. The Labute approximate surface area is 253 Å². The van der Waals surface area contributed by atoms with Gasteiger partial charge in [0.05, 0.1) is 25.1 Å². The number of aliphatic hydroxyl groups is 1. The summed E-state index contributed by atoms with van der Waals surface area (Å²) < 4.78 is 11.5. The van der Waals surface area contributed by atoms with Crippen LogP contribution in [0.15, 0.2) is 97.1 Å². The van der Waals surface area contributed by atoms with Gasteiger partial charge in [-0.2, -0.15) is 0 Å². The van der Waals surface area contributed by atoms with Gasteiger partial charge in [-0.3, -0.25) is 14.4 Å². The molecular formula is C35H40N2O6. The van der Waals surface area contributed by atoms with Crippen LogP contribution in [0.25, 0.3) is 0 Å². The molecule has 4 rings (SSSR count). The summed E-state index contributed by atoms with van der Waals surface area (Å²) in [6.07, 6.45) is 5.60. The minimum absolute atomic E-state index is 0.0330. The summed E-state index contributed by atoms with van der Waals surface area (Å²) >= 11 is 0. The average Bonchev–Trinajstić information content (AvgIpc) is 3.05.